The smallest absolute Gasteiger partial charge is 0.270 e. The number of likely N-dealkylation sites (N-methyl/N-ethyl adjacent to an activating group) is 2. The molecule has 158 valence electrons. The number of nitrogen functional groups attached to an aromatic ring is 2. The number of rotatable bonds is 6. The van der Waals surface area contributed by atoms with Gasteiger partial charge in [-0.2, -0.15) is 5.26 Å². The van der Waals surface area contributed by atoms with Crippen LogP contribution in [0.2, 0.25) is 0 Å². The van der Waals surface area contributed by atoms with Crippen LogP contribution < -0.4 is 21.7 Å². The molecule has 0 atom stereocenters. The Hall–Kier alpha value is -4.08. The Kier molecular flexibility index (Phi) is 12.9. The topological polar surface area (TPSA) is 151 Å². The van der Waals surface area contributed by atoms with Gasteiger partial charge < -0.3 is 21.7 Å². The highest BCUT2D eigenvalue weighted by molar-refractivity contribution is 5.71. The average Bonchev–Trinajstić information content (AvgIpc) is 2.76. The molecular formula is C21H26N6O3. The highest BCUT2D eigenvalue weighted by atomic mass is 16.6. The summed E-state index contributed by atoms with van der Waals surface area (Å²) in [6.07, 6.45) is 4.81. The monoisotopic (exact) mass is 410 g/mol. The van der Waals surface area contributed by atoms with Gasteiger partial charge in [0.15, 0.2) is 6.29 Å². The van der Waals surface area contributed by atoms with E-state index in [1.54, 1.807) is 12.0 Å². The van der Waals surface area contributed by atoms with Crippen molar-refractivity contribution in [2.24, 2.45) is 0 Å². The van der Waals surface area contributed by atoms with Crippen LogP contribution in [0.5, 0.6) is 0 Å². The normalized spacial score (nSPS) is 8.80. The molecule has 2 rings (SSSR count). The minimum absolute atomic E-state index is 0.124. The number of benzene rings is 2. The number of terminal acetylenes is 1. The van der Waals surface area contributed by atoms with Gasteiger partial charge in [-0.15, -0.1) is 6.42 Å². The Labute approximate surface area is 176 Å². The van der Waals surface area contributed by atoms with E-state index in [4.69, 9.17) is 21.5 Å². The Morgan fingerprint density at radius 3 is 2.30 bits per heavy atom. The molecule has 0 bridgehead atoms. The molecule has 0 aromatic heterocycles. The summed E-state index contributed by atoms with van der Waals surface area (Å²) in [6.45, 7) is 5.20. The van der Waals surface area contributed by atoms with Crippen LogP contribution in [-0.2, 0) is 4.79 Å². The van der Waals surface area contributed by atoms with Gasteiger partial charge in [-0.3, -0.25) is 14.9 Å². The SMILES string of the molecule is C#CC=O.CCN(CCNC)c1ccc(N)cc1.N#Cc1cc([N+](=O)[O-])ccc1N. The van der Waals surface area contributed by atoms with Gasteiger partial charge in [0.25, 0.3) is 5.69 Å². The molecule has 9 heteroatoms. The van der Waals surface area contributed by atoms with Crippen LogP contribution in [0.3, 0.4) is 0 Å². The maximum Gasteiger partial charge on any atom is 0.270 e. The molecule has 2 aromatic carbocycles. The van der Waals surface area contributed by atoms with E-state index in [2.05, 4.69) is 35.7 Å². The number of nitrogens with one attached hydrogen (secondary N) is 1. The fourth-order valence-corrected chi connectivity index (χ4v) is 2.16. The van der Waals surface area contributed by atoms with E-state index in [1.807, 2.05) is 19.2 Å². The van der Waals surface area contributed by atoms with Crippen LogP contribution in [0.15, 0.2) is 42.5 Å². The third-order valence-corrected chi connectivity index (χ3v) is 3.71. The maximum absolute atomic E-state index is 10.2. The Balaban J connectivity index is 0.000000481. The predicted octanol–water partition coefficient (Wildman–Crippen LogP) is 2.18. The average molecular weight is 410 g/mol. The van der Waals surface area contributed by atoms with Crippen LogP contribution in [0.25, 0.3) is 0 Å². The van der Waals surface area contributed by atoms with Gasteiger partial charge in [-0.1, -0.05) is 0 Å². The fraction of sp³-hybridized carbons (Fsp3) is 0.238. The lowest BCUT2D eigenvalue weighted by atomic mass is 10.2. The molecule has 0 radical (unpaired) electrons. The van der Waals surface area contributed by atoms with E-state index in [0.29, 0.717) is 6.29 Å². The molecule has 0 fully saturated rings. The van der Waals surface area contributed by atoms with Crippen molar-refractivity contribution < 1.29 is 9.72 Å². The molecule has 9 nitrogen and oxygen atoms in total. The first-order chi connectivity index (χ1) is 14.3. The van der Waals surface area contributed by atoms with Gasteiger partial charge in [0, 0.05) is 48.8 Å². The number of nitro groups is 1. The summed E-state index contributed by atoms with van der Waals surface area (Å²) >= 11 is 0. The van der Waals surface area contributed by atoms with Crippen LogP contribution >= 0.6 is 0 Å². The summed E-state index contributed by atoms with van der Waals surface area (Å²) in [5.41, 5.74) is 13.3. The minimum atomic E-state index is -0.569. The second kappa shape index (κ2) is 14.9. The first kappa shape index (κ1) is 25.9. The summed E-state index contributed by atoms with van der Waals surface area (Å²) in [5, 5.41) is 21.9. The van der Waals surface area contributed by atoms with Crippen molar-refractivity contribution >= 4 is 29.0 Å². The molecule has 0 aliphatic rings. The largest absolute Gasteiger partial charge is 0.399 e. The van der Waals surface area contributed by atoms with Gasteiger partial charge in [-0.05, 0) is 50.2 Å². The summed E-state index contributed by atoms with van der Waals surface area (Å²) in [7, 11) is 1.97. The number of aldehydes is 1. The summed E-state index contributed by atoms with van der Waals surface area (Å²) in [6, 6.07) is 13.5. The zero-order valence-electron chi connectivity index (χ0n) is 17.0. The van der Waals surface area contributed by atoms with Gasteiger partial charge in [0.05, 0.1) is 10.5 Å². The van der Waals surface area contributed by atoms with Crippen molar-refractivity contribution in [2.75, 3.05) is 43.0 Å². The van der Waals surface area contributed by atoms with E-state index >= 15 is 0 Å². The third kappa shape index (κ3) is 9.74. The molecule has 0 aliphatic carbocycles. The summed E-state index contributed by atoms with van der Waals surface area (Å²) < 4.78 is 0. The first-order valence-corrected chi connectivity index (χ1v) is 8.93. The van der Waals surface area contributed by atoms with Gasteiger partial charge in [0.1, 0.15) is 6.07 Å². The Morgan fingerprint density at radius 2 is 1.87 bits per heavy atom. The molecule has 0 saturated carbocycles. The molecule has 2 aromatic rings. The number of nitriles is 1. The van der Waals surface area contributed by atoms with Crippen molar-refractivity contribution in [3.05, 3.63) is 58.1 Å². The predicted molar refractivity (Wildman–Crippen MR) is 120 cm³/mol. The van der Waals surface area contributed by atoms with Gasteiger partial charge in [0.2, 0.25) is 0 Å². The number of nitrogens with two attached hydrogens (primary N) is 2. The zero-order valence-corrected chi connectivity index (χ0v) is 17.0. The molecule has 0 aliphatic heterocycles. The Bertz CT molecular complexity index is 885. The second-order valence-corrected chi connectivity index (χ2v) is 5.70. The molecule has 0 spiro atoms. The second-order valence-electron chi connectivity index (χ2n) is 5.70. The van der Waals surface area contributed by atoms with Crippen LogP contribution in [0.4, 0.5) is 22.7 Å². The van der Waals surface area contributed by atoms with Crippen LogP contribution in [-0.4, -0.2) is 37.9 Å². The lowest BCUT2D eigenvalue weighted by molar-refractivity contribution is -0.384. The molecule has 0 unspecified atom stereocenters. The minimum Gasteiger partial charge on any atom is -0.399 e. The molecule has 5 N–H and O–H groups in total. The number of hydrogen-bond acceptors (Lipinski definition) is 8. The molecule has 0 saturated heterocycles. The van der Waals surface area contributed by atoms with Crippen LogP contribution in [0, 0.1) is 33.8 Å². The van der Waals surface area contributed by atoms with E-state index < -0.39 is 4.92 Å². The highest BCUT2D eigenvalue weighted by Crippen LogP contribution is 2.18. The van der Waals surface area contributed by atoms with E-state index in [0.717, 1.165) is 31.4 Å². The number of carbonyl (C=O) groups excluding carboxylic acids is 1. The van der Waals surface area contributed by atoms with E-state index in [-0.39, 0.29) is 16.9 Å². The summed E-state index contributed by atoms with van der Waals surface area (Å²) in [4.78, 5) is 20.9. The maximum atomic E-state index is 10.2. The lowest BCUT2D eigenvalue weighted by Gasteiger charge is -2.22. The van der Waals surface area contributed by atoms with Crippen molar-refractivity contribution in [3.8, 4) is 18.4 Å². The third-order valence-electron chi connectivity index (χ3n) is 3.71. The lowest BCUT2D eigenvalue weighted by Crippen LogP contribution is -2.30. The summed E-state index contributed by atoms with van der Waals surface area (Å²) in [5.74, 6) is 1.75. The number of nitro benzene ring substituents is 1. The van der Waals surface area contributed by atoms with Crippen molar-refractivity contribution in [3.63, 3.8) is 0 Å². The molecule has 0 heterocycles. The standard InChI is InChI=1S/C11H19N3.C7H5N3O2.C3H2O/c1-3-14(9-8-13-2)11-6-4-10(12)5-7-11;8-4-5-3-6(10(11)12)1-2-7(5)9;1-2-3-4/h4-7,13H,3,8-9,12H2,1-2H3;1-3H,9H2;1,3H. The number of carbonyl (C=O) groups is 1. The molecule has 30 heavy (non-hydrogen) atoms. The van der Waals surface area contributed by atoms with Crippen molar-refractivity contribution in [2.45, 2.75) is 6.92 Å². The van der Waals surface area contributed by atoms with E-state index in [1.165, 1.54) is 17.8 Å². The number of anilines is 3. The van der Waals surface area contributed by atoms with Gasteiger partial charge >= 0.3 is 0 Å². The van der Waals surface area contributed by atoms with Crippen molar-refractivity contribution in [1.29, 1.82) is 5.26 Å². The molecule has 0 amide bonds. The van der Waals surface area contributed by atoms with Gasteiger partial charge in [-0.25, -0.2) is 0 Å². The van der Waals surface area contributed by atoms with Crippen LogP contribution in [0.1, 0.15) is 12.5 Å². The quantitative estimate of drug-likeness (QED) is 0.215. The van der Waals surface area contributed by atoms with Crippen molar-refractivity contribution in [1.82, 2.24) is 5.32 Å². The molecular weight excluding hydrogens is 384 g/mol. The highest BCUT2D eigenvalue weighted by Gasteiger charge is 2.07. The number of non-ortho nitro benzene ring substituents is 1. The Morgan fingerprint density at radius 1 is 1.27 bits per heavy atom. The fourth-order valence-electron chi connectivity index (χ4n) is 2.16. The number of nitrogens with zero attached hydrogens (tertiary/aromatic N) is 3. The first-order valence-electron chi connectivity index (χ1n) is 8.93. The zero-order chi connectivity index (χ0) is 22.9. The van der Waals surface area contributed by atoms with E-state index in [9.17, 15) is 10.1 Å². The number of hydrogen-bond donors (Lipinski definition) is 3.